The number of ketones is 1. The van der Waals surface area contributed by atoms with Crippen molar-refractivity contribution in [2.45, 2.75) is 38.7 Å². The summed E-state index contributed by atoms with van der Waals surface area (Å²) in [5, 5.41) is 6.22. The van der Waals surface area contributed by atoms with Crippen molar-refractivity contribution in [1.29, 1.82) is 0 Å². The molecule has 1 aliphatic rings. The molecule has 3 rings (SSSR count). The first kappa shape index (κ1) is 18.3. The van der Waals surface area contributed by atoms with Crippen LogP contribution in [0.25, 0.3) is 0 Å². The van der Waals surface area contributed by atoms with E-state index >= 15 is 0 Å². The van der Waals surface area contributed by atoms with Crippen LogP contribution >= 0.6 is 11.3 Å². The van der Waals surface area contributed by atoms with Crippen molar-refractivity contribution in [3.8, 4) is 0 Å². The first-order valence-electron chi connectivity index (χ1n) is 8.70. The highest BCUT2D eigenvalue weighted by molar-refractivity contribution is 7.08. The van der Waals surface area contributed by atoms with Gasteiger partial charge in [0.25, 0.3) is 5.91 Å². The maximum Gasteiger partial charge on any atom is 0.308 e. The van der Waals surface area contributed by atoms with E-state index in [-0.39, 0.29) is 24.7 Å². The number of nitrogens with one attached hydrogen (secondary N) is 1. The summed E-state index contributed by atoms with van der Waals surface area (Å²) in [7, 11) is 0. The number of hydrogen-bond acceptors (Lipinski definition) is 5. The number of carbonyl (C=O) groups is 3. The number of thiophene rings is 1. The molecule has 1 heterocycles. The van der Waals surface area contributed by atoms with Crippen molar-refractivity contribution in [2.24, 2.45) is 0 Å². The van der Waals surface area contributed by atoms with E-state index in [9.17, 15) is 14.4 Å². The van der Waals surface area contributed by atoms with Crippen molar-refractivity contribution >= 4 is 29.0 Å². The van der Waals surface area contributed by atoms with Gasteiger partial charge in [-0.2, -0.15) is 11.3 Å². The van der Waals surface area contributed by atoms with Gasteiger partial charge in [-0.25, -0.2) is 0 Å². The molecule has 2 aromatic rings. The fraction of sp³-hybridized carbons (Fsp3) is 0.350. The van der Waals surface area contributed by atoms with Gasteiger partial charge in [0.15, 0.2) is 6.10 Å². The third-order valence-electron chi connectivity index (χ3n) is 4.46. The predicted octanol–water partition coefficient (Wildman–Crippen LogP) is 3.17. The average Bonchev–Trinajstić information content (AvgIpc) is 3.31. The minimum absolute atomic E-state index is 0.0255. The largest absolute Gasteiger partial charge is 0.454 e. The fourth-order valence-electron chi connectivity index (χ4n) is 3.04. The Balaban J connectivity index is 1.46. The molecular formula is C20H21NO4S. The molecule has 6 heteroatoms. The number of aryl methyl sites for hydroxylation is 2. The molecule has 1 atom stereocenters. The Labute approximate surface area is 156 Å². The molecule has 136 valence electrons. The summed E-state index contributed by atoms with van der Waals surface area (Å²) < 4.78 is 5.22. The molecule has 0 fully saturated rings. The van der Waals surface area contributed by atoms with Gasteiger partial charge in [0, 0.05) is 23.1 Å². The molecule has 1 aromatic carbocycles. The van der Waals surface area contributed by atoms with E-state index < -0.39 is 12.1 Å². The van der Waals surface area contributed by atoms with Crippen LogP contribution in [0.4, 0.5) is 0 Å². The standard InChI is InChI=1S/C20H21NO4S/c1-13(19(23)16-6-5-14-3-2-4-15(14)11-16)25-18(22)7-9-21-20(24)17-8-10-26-12-17/h5-6,8,10-13H,2-4,7,9H2,1H3,(H,21,24). The zero-order valence-electron chi connectivity index (χ0n) is 14.6. The smallest absolute Gasteiger partial charge is 0.308 e. The summed E-state index contributed by atoms with van der Waals surface area (Å²) in [4.78, 5) is 36.2. The van der Waals surface area contributed by atoms with Crippen LogP contribution in [0, 0.1) is 0 Å². The predicted molar refractivity (Wildman–Crippen MR) is 99.6 cm³/mol. The number of esters is 1. The maximum atomic E-state index is 12.5. The molecule has 0 spiro atoms. The van der Waals surface area contributed by atoms with E-state index in [1.165, 1.54) is 22.5 Å². The van der Waals surface area contributed by atoms with Crippen LogP contribution in [0.15, 0.2) is 35.0 Å². The number of hydrogen-bond donors (Lipinski definition) is 1. The van der Waals surface area contributed by atoms with Gasteiger partial charge < -0.3 is 10.1 Å². The quantitative estimate of drug-likeness (QED) is 0.599. The molecule has 1 unspecified atom stereocenters. The van der Waals surface area contributed by atoms with Crippen LogP contribution in [-0.2, 0) is 22.4 Å². The monoisotopic (exact) mass is 371 g/mol. The lowest BCUT2D eigenvalue weighted by molar-refractivity contribution is -0.146. The van der Waals surface area contributed by atoms with E-state index in [4.69, 9.17) is 4.74 Å². The molecule has 5 nitrogen and oxygen atoms in total. The van der Waals surface area contributed by atoms with Gasteiger partial charge in [-0.1, -0.05) is 12.1 Å². The summed E-state index contributed by atoms with van der Waals surface area (Å²) in [5.74, 6) is -0.922. The minimum Gasteiger partial charge on any atom is -0.454 e. The van der Waals surface area contributed by atoms with Crippen molar-refractivity contribution < 1.29 is 19.1 Å². The Morgan fingerprint density at radius 3 is 2.73 bits per heavy atom. The lowest BCUT2D eigenvalue weighted by atomic mass is 10.0. The third kappa shape index (κ3) is 4.38. The summed E-state index contributed by atoms with van der Waals surface area (Å²) in [6.07, 6.45) is 2.36. The summed E-state index contributed by atoms with van der Waals surface area (Å²) in [5.41, 5.74) is 3.67. The van der Waals surface area contributed by atoms with E-state index in [0.29, 0.717) is 11.1 Å². The zero-order chi connectivity index (χ0) is 18.5. The van der Waals surface area contributed by atoms with Gasteiger partial charge >= 0.3 is 5.97 Å². The van der Waals surface area contributed by atoms with Crippen molar-refractivity contribution in [2.75, 3.05) is 6.54 Å². The van der Waals surface area contributed by atoms with Crippen molar-refractivity contribution in [1.82, 2.24) is 5.32 Å². The molecule has 1 amide bonds. The average molecular weight is 371 g/mol. The Morgan fingerprint density at radius 2 is 1.96 bits per heavy atom. The van der Waals surface area contributed by atoms with E-state index in [1.54, 1.807) is 24.4 Å². The molecule has 1 aromatic heterocycles. The highest BCUT2D eigenvalue weighted by atomic mass is 32.1. The van der Waals surface area contributed by atoms with E-state index in [1.807, 2.05) is 17.5 Å². The van der Waals surface area contributed by atoms with Crippen molar-refractivity contribution in [3.05, 3.63) is 57.3 Å². The lowest BCUT2D eigenvalue weighted by Gasteiger charge is -2.13. The topological polar surface area (TPSA) is 72.5 Å². The first-order valence-corrected chi connectivity index (χ1v) is 9.65. The molecule has 0 saturated heterocycles. The number of amides is 1. The van der Waals surface area contributed by atoms with Gasteiger partial charge in [-0.15, -0.1) is 0 Å². The second kappa shape index (κ2) is 8.27. The number of ether oxygens (including phenoxy) is 1. The van der Waals surface area contributed by atoms with E-state index in [0.717, 1.165) is 19.3 Å². The van der Waals surface area contributed by atoms with Gasteiger partial charge in [0.05, 0.1) is 6.42 Å². The van der Waals surface area contributed by atoms with Crippen LogP contribution in [0.2, 0.25) is 0 Å². The summed E-state index contributed by atoms with van der Waals surface area (Å²) in [6, 6.07) is 7.42. The highest BCUT2D eigenvalue weighted by Gasteiger charge is 2.21. The number of Topliss-reactive ketones (excluding diaryl/α,β-unsaturated/α-hetero) is 1. The normalized spacial score (nSPS) is 13.7. The maximum absolute atomic E-state index is 12.5. The van der Waals surface area contributed by atoms with Crippen LogP contribution in [0.5, 0.6) is 0 Å². The van der Waals surface area contributed by atoms with Gasteiger partial charge in [0.2, 0.25) is 5.78 Å². The van der Waals surface area contributed by atoms with Gasteiger partial charge in [-0.3, -0.25) is 14.4 Å². The molecule has 0 bridgehead atoms. The van der Waals surface area contributed by atoms with Crippen molar-refractivity contribution in [3.63, 3.8) is 0 Å². The Hall–Kier alpha value is -2.47. The molecule has 1 N–H and O–H groups in total. The number of fused-ring (bicyclic) bond motifs is 1. The SMILES string of the molecule is CC(OC(=O)CCNC(=O)c1ccsc1)C(=O)c1ccc2c(c1)CCC2. The molecule has 0 aliphatic heterocycles. The van der Waals surface area contributed by atoms with Crippen LogP contribution < -0.4 is 5.32 Å². The Bertz CT molecular complexity index is 813. The summed E-state index contributed by atoms with van der Waals surface area (Å²) in [6.45, 7) is 1.75. The summed E-state index contributed by atoms with van der Waals surface area (Å²) >= 11 is 1.43. The fourth-order valence-corrected chi connectivity index (χ4v) is 3.68. The molecular weight excluding hydrogens is 350 g/mol. The van der Waals surface area contributed by atoms with Crippen LogP contribution in [0.3, 0.4) is 0 Å². The molecule has 26 heavy (non-hydrogen) atoms. The lowest BCUT2D eigenvalue weighted by Crippen LogP contribution is -2.29. The first-order chi connectivity index (χ1) is 12.5. The second-order valence-electron chi connectivity index (χ2n) is 6.35. The van der Waals surface area contributed by atoms with Gasteiger partial charge in [-0.05, 0) is 54.8 Å². The molecule has 1 aliphatic carbocycles. The number of carbonyl (C=O) groups excluding carboxylic acids is 3. The number of benzene rings is 1. The minimum atomic E-state index is -0.838. The molecule has 0 saturated carbocycles. The van der Waals surface area contributed by atoms with Gasteiger partial charge in [0.1, 0.15) is 0 Å². The van der Waals surface area contributed by atoms with Crippen LogP contribution in [-0.4, -0.2) is 30.3 Å². The Kier molecular flexibility index (Phi) is 5.83. The van der Waals surface area contributed by atoms with Crippen LogP contribution in [0.1, 0.15) is 51.6 Å². The third-order valence-corrected chi connectivity index (χ3v) is 5.14. The second-order valence-corrected chi connectivity index (χ2v) is 7.13. The number of rotatable bonds is 7. The zero-order valence-corrected chi connectivity index (χ0v) is 15.4. The highest BCUT2D eigenvalue weighted by Crippen LogP contribution is 2.23. The Morgan fingerprint density at radius 1 is 1.15 bits per heavy atom. The van der Waals surface area contributed by atoms with E-state index in [2.05, 4.69) is 5.32 Å². The molecule has 0 radical (unpaired) electrons.